The molecule has 0 aliphatic heterocycles. The van der Waals surface area contributed by atoms with Gasteiger partial charge in [0, 0.05) is 0 Å². The second-order valence-corrected chi connectivity index (χ2v) is 4.76. The Morgan fingerprint density at radius 1 is 1.53 bits per heavy atom. The fraction of sp³-hybridized carbons (Fsp3) is 0.429. The number of carbonyl (C=O) groups excluding carboxylic acids is 1. The highest BCUT2D eigenvalue weighted by atomic mass is 16.5. The first-order valence-electron chi connectivity index (χ1n) is 6.12. The third-order valence-electron chi connectivity index (χ3n) is 2.70. The number of nitrogen functional groups attached to an aromatic ring is 1. The van der Waals surface area contributed by atoms with Crippen LogP contribution in [0.2, 0.25) is 0 Å². The maximum atomic E-state index is 11.7. The number of hydrogen-bond acceptors (Lipinski definition) is 5. The molecule has 0 bridgehead atoms. The van der Waals surface area contributed by atoms with Gasteiger partial charge in [-0.25, -0.2) is 4.79 Å². The van der Waals surface area contributed by atoms with E-state index >= 15 is 0 Å². The number of hydrogen-bond donors (Lipinski definition) is 2. The zero-order chi connectivity index (χ0) is 14.4. The molecule has 0 saturated carbocycles. The number of methoxy groups -OCH3 is 1. The summed E-state index contributed by atoms with van der Waals surface area (Å²) in [5.41, 5.74) is 7.42. The first kappa shape index (κ1) is 14.8. The van der Waals surface area contributed by atoms with Gasteiger partial charge in [0.25, 0.3) is 0 Å². The molecule has 1 aromatic carbocycles. The van der Waals surface area contributed by atoms with Gasteiger partial charge in [0.2, 0.25) is 0 Å². The zero-order valence-electron chi connectivity index (χ0n) is 11.4. The minimum absolute atomic E-state index is 0.322. The van der Waals surface area contributed by atoms with Crippen LogP contribution < -0.4 is 11.1 Å². The summed E-state index contributed by atoms with van der Waals surface area (Å²) >= 11 is 0. The number of nitrogens with two attached hydrogens (primary N) is 1. The Bertz CT molecular complexity index is 492. The molecule has 1 rings (SSSR count). The fourth-order valence-electron chi connectivity index (χ4n) is 1.78. The molecule has 0 aliphatic rings. The Kier molecular flexibility index (Phi) is 5.19. The van der Waals surface area contributed by atoms with Crippen molar-refractivity contribution in [3.8, 4) is 6.07 Å². The van der Waals surface area contributed by atoms with Crippen molar-refractivity contribution in [2.24, 2.45) is 5.92 Å². The predicted octanol–water partition coefficient (Wildman–Crippen LogP) is 2.14. The lowest BCUT2D eigenvalue weighted by molar-refractivity contribution is -0.141. The standard InChI is InChI=1S/C14H19N3O2/c1-9(2)6-13(14(18)19-3)17-12-5-4-10(8-15)7-11(12)16/h4-5,7,9,13,17H,6,16H2,1-3H3. The molecular formula is C14H19N3O2. The molecule has 1 unspecified atom stereocenters. The van der Waals surface area contributed by atoms with Gasteiger partial charge >= 0.3 is 5.97 Å². The molecule has 3 N–H and O–H groups in total. The Morgan fingerprint density at radius 3 is 2.68 bits per heavy atom. The molecule has 1 atom stereocenters. The normalized spacial score (nSPS) is 11.7. The van der Waals surface area contributed by atoms with Crippen molar-refractivity contribution in [1.29, 1.82) is 5.26 Å². The number of esters is 1. The van der Waals surface area contributed by atoms with Crippen LogP contribution in [0, 0.1) is 17.2 Å². The summed E-state index contributed by atoms with van der Waals surface area (Å²) in [7, 11) is 1.36. The number of benzene rings is 1. The largest absolute Gasteiger partial charge is 0.467 e. The molecule has 1 aromatic rings. The van der Waals surface area contributed by atoms with Gasteiger partial charge in [0.05, 0.1) is 30.1 Å². The Hall–Kier alpha value is -2.22. The van der Waals surface area contributed by atoms with Crippen LogP contribution in [0.1, 0.15) is 25.8 Å². The number of nitriles is 1. The second-order valence-electron chi connectivity index (χ2n) is 4.76. The summed E-state index contributed by atoms with van der Waals surface area (Å²) in [5.74, 6) is 0.0219. The zero-order valence-corrected chi connectivity index (χ0v) is 11.4. The van der Waals surface area contributed by atoms with Gasteiger partial charge in [-0.2, -0.15) is 5.26 Å². The average molecular weight is 261 g/mol. The van der Waals surface area contributed by atoms with Crippen molar-refractivity contribution in [2.75, 3.05) is 18.2 Å². The smallest absolute Gasteiger partial charge is 0.328 e. The van der Waals surface area contributed by atoms with E-state index in [1.165, 1.54) is 7.11 Å². The van der Waals surface area contributed by atoms with Crippen molar-refractivity contribution in [2.45, 2.75) is 26.3 Å². The van der Waals surface area contributed by atoms with Gasteiger partial charge in [-0.3, -0.25) is 0 Å². The third-order valence-corrected chi connectivity index (χ3v) is 2.70. The molecule has 102 valence electrons. The van der Waals surface area contributed by atoms with Crippen LogP contribution in [0.25, 0.3) is 0 Å². The molecular weight excluding hydrogens is 242 g/mol. The number of ether oxygens (including phenoxy) is 1. The SMILES string of the molecule is COC(=O)C(CC(C)C)Nc1ccc(C#N)cc1N. The highest BCUT2D eigenvalue weighted by molar-refractivity contribution is 5.81. The highest BCUT2D eigenvalue weighted by Crippen LogP contribution is 2.22. The Labute approximate surface area is 113 Å². The number of nitrogens with zero attached hydrogens (tertiary/aromatic N) is 1. The van der Waals surface area contributed by atoms with E-state index in [9.17, 15) is 4.79 Å². The van der Waals surface area contributed by atoms with E-state index in [0.717, 1.165) is 0 Å². The first-order chi connectivity index (χ1) is 8.97. The predicted molar refractivity (Wildman–Crippen MR) is 74.5 cm³/mol. The molecule has 0 amide bonds. The lowest BCUT2D eigenvalue weighted by Crippen LogP contribution is -2.32. The maximum Gasteiger partial charge on any atom is 0.328 e. The van der Waals surface area contributed by atoms with E-state index in [-0.39, 0.29) is 5.97 Å². The quantitative estimate of drug-likeness (QED) is 0.626. The lowest BCUT2D eigenvalue weighted by Gasteiger charge is -2.20. The van der Waals surface area contributed by atoms with Crippen LogP contribution in [-0.2, 0) is 9.53 Å². The fourth-order valence-corrected chi connectivity index (χ4v) is 1.78. The molecule has 0 fully saturated rings. The summed E-state index contributed by atoms with van der Waals surface area (Å²) < 4.78 is 4.78. The molecule has 5 nitrogen and oxygen atoms in total. The molecule has 0 radical (unpaired) electrons. The number of rotatable bonds is 5. The van der Waals surface area contributed by atoms with Gasteiger partial charge in [0.15, 0.2) is 0 Å². The van der Waals surface area contributed by atoms with E-state index in [4.69, 9.17) is 15.7 Å². The van der Waals surface area contributed by atoms with Crippen LogP contribution in [0.4, 0.5) is 11.4 Å². The van der Waals surface area contributed by atoms with E-state index in [1.807, 2.05) is 19.9 Å². The van der Waals surface area contributed by atoms with Crippen molar-refractivity contribution < 1.29 is 9.53 Å². The average Bonchev–Trinajstić information content (AvgIpc) is 2.38. The molecule has 19 heavy (non-hydrogen) atoms. The van der Waals surface area contributed by atoms with E-state index in [0.29, 0.717) is 29.3 Å². The van der Waals surface area contributed by atoms with Crippen LogP contribution in [0.15, 0.2) is 18.2 Å². The van der Waals surface area contributed by atoms with Crippen molar-refractivity contribution in [1.82, 2.24) is 0 Å². The summed E-state index contributed by atoms with van der Waals surface area (Å²) in [5, 5.41) is 11.9. The van der Waals surface area contributed by atoms with E-state index < -0.39 is 6.04 Å². The number of anilines is 2. The topological polar surface area (TPSA) is 88.1 Å². The van der Waals surface area contributed by atoms with Crippen LogP contribution in [-0.4, -0.2) is 19.1 Å². The third kappa shape index (κ3) is 4.18. The maximum absolute atomic E-state index is 11.7. The van der Waals surface area contributed by atoms with Gasteiger partial charge in [0.1, 0.15) is 6.04 Å². The summed E-state index contributed by atoms with van der Waals surface area (Å²) in [6, 6.07) is 6.50. The summed E-state index contributed by atoms with van der Waals surface area (Å²) in [6.45, 7) is 4.06. The van der Waals surface area contributed by atoms with Gasteiger partial charge in [-0.05, 0) is 30.5 Å². The summed E-state index contributed by atoms with van der Waals surface area (Å²) in [4.78, 5) is 11.7. The number of nitrogens with one attached hydrogen (secondary N) is 1. The van der Waals surface area contributed by atoms with E-state index in [1.54, 1.807) is 18.2 Å². The van der Waals surface area contributed by atoms with Gasteiger partial charge in [-0.1, -0.05) is 13.8 Å². The Balaban J connectivity index is 2.90. The van der Waals surface area contributed by atoms with Crippen LogP contribution in [0.5, 0.6) is 0 Å². The van der Waals surface area contributed by atoms with Crippen molar-refractivity contribution >= 4 is 17.3 Å². The minimum atomic E-state index is -0.444. The van der Waals surface area contributed by atoms with Crippen LogP contribution in [0.3, 0.4) is 0 Å². The van der Waals surface area contributed by atoms with Crippen molar-refractivity contribution in [3.63, 3.8) is 0 Å². The molecule has 0 aliphatic carbocycles. The number of carbonyl (C=O) groups is 1. The monoisotopic (exact) mass is 261 g/mol. The van der Waals surface area contributed by atoms with Gasteiger partial charge in [-0.15, -0.1) is 0 Å². The second kappa shape index (κ2) is 6.64. The molecule has 0 aromatic heterocycles. The minimum Gasteiger partial charge on any atom is -0.467 e. The molecule has 0 heterocycles. The van der Waals surface area contributed by atoms with Crippen LogP contribution >= 0.6 is 0 Å². The Morgan fingerprint density at radius 2 is 2.21 bits per heavy atom. The lowest BCUT2D eigenvalue weighted by atomic mass is 10.0. The summed E-state index contributed by atoms with van der Waals surface area (Å²) in [6.07, 6.45) is 0.645. The molecule has 0 spiro atoms. The molecule has 0 saturated heterocycles. The molecule has 5 heteroatoms. The highest BCUT2D eigenvalue weighted by Gasteiger charge is 2.21. The first-order valence-corrected chi connectivity index (χ1v) is 6.12. The van der Waals surface area contributed by atoms with E-state index in [2.05, 4.69) is 5.32 Å². The van der Waals surface area contributed by atoms with Crippen molar-refractivity contribution in [3.05, 3.63) is 23.8 Å². The van der Waals surface area contributed by atoms with Gasteiger partial charge < -0.3 is 15.8 Å².